The third kappa shape index (κ3) is 2.53. The number of halogens is 1. The number of likely N-dealkylation sites (tertiary alicyclic amines) is 1. The average Bonchev–Trinajstić information content (AvgIpc) is 2.87. The van der Waals surface area contributed by atoms with Crippen LogP contribution in [0.15, 0.2) is 18.2 Å². The Kier molecular flexibility index (Phi) is 3.75. The molecule has 1 aromatic rings. The van der Waals surface area contributed by atoms with Gasteiger partial charge in [-0.25, -0.2) is 0 Å². The molecule has 114 valence electrons. The van der Waals surface area contributed by atoms with Crippen molar-refractivity contribution < 1.29 is 0 Å². The van der Waals surface area contributed by atoms with E-state index < -0.39 is 0 Å². The fraction of sp³-hybridized carbons (Fsp3) is 0.684. The van der Waals surface area contributed by atoms with Crippen LogP contribution in [0.2, 0.25) is 5.02 Å². The molecule has 2 heteroatoms. The molecule has 0 N–H and O–H groups in total. The third-order valence-corrected chi connectivity index (χ3v) is 6.60. The molecule has 1 spiro atoms. The van der Waals surface area contributed by atoms with Crippen molar-refractivity contribution in [2.24, 2.45) is 0 Å². The van der Waals surface area contributed by atoms with E-state index in [1.807, 2.05) is 0 Å². The van der Waals surface area contributed by atoms with Gasteiger partial charge in [-0.15, -0.1) is 0 Å². The van der Waals surface area contributed by atoms with Crippen molar-refractivity contribution in [1.82, 2.24) is 4.90 Å². The van der Waals surface area contributed by atoms with Crippen molar-refractivity contribution in [1.29, 1.82) is 0 Å². The van der Waals surface area contributed by atoms with Crippen molar-refractivity contribution in [2.45, 2.75) is 69.2 Å². The van der Waals surface area contributed by atoms with Gasteiger partial charge in [0.2, 0.25) is 0 Å². The van der Waals surface area contributed by atoms with E-state index in [2.05, 4.69) is 23.1 Å². The lowest BCUT2D eigenvalue weighted by atomic mass is 9.73. The highest BCUT2D eigenvalue weighted by Gasteiger charge is 2.42. The predicted octanol–water partition coefficient (Wildman–Crippen LogP) is 4.95. The molecule has 0 radical (unpaired) electrons. The van der Waals surface area contributed by atoms with Crippen LogP contribution >= 0.6 is 11.6 Å². The number of piperidine rings is 1. The van der Waals surface area contributed by atoms with Gasteiger partial charge in [-0.1, -0.05) is 36.9 Å². The van der Waals surface area contributed by atoms with Crippen molar-refractivity contribution in [3.63, 3.8) is 0 Å². The van der Waals surface area contributed by atoms with Crippen molar-refractivity contribution in [3.8, 4) is 0 Å². The Balaban J connectivity index is 1.49. The number of hydrogen-bond acceptors (Lipinski definition) is 1. The van der Waals surface area contributed by atoms with Crippen molar-refractivity contribution in [2.75, 3.05) is 13.1 Å². The summed E-state index contributed by atoms with van der Waals surface area (Å²) in [4.78, 5) is 2.80. The standard InChI is InChI=1S/C19H26ClN/c20-16-7-6-15-8-9-19(18(15)14-16)10-12-21(13-11-19)17-4-2-1-3-5-17/h6-7,14,17H,1-5,8-13H2. The molecule has 2 fully saturated rings. The first-order valence-electron chi connectivity index (χ1n) is 8.80. The molecule has 1 aliphatic heterocycles. The lowest BCUT2D eigenvalue weighted by Gasteiger charge is -2.44. The molecule has 1 saturated heterocycles. The molecule has 2 aliphatic carbocycles. The van der Waals surface area contributed by atoms with E-state index in [0.29, 0.717) is 5.41 Å². The lowest BCUT2D eigenvalue weighted by Crippen LogP contribution is -2.46. The molecule has 0 atom stereocenters. The number of benzene rings is 1. The maximum atomic E-state index is 6.27. The molecule has 0 bridgehead atoms. The summed E-state index contributed by atoms with van der Waals surface area (Å²) in [5.41, 5.74) is 3.59. The molecule has 0 amide bonds. The van der Waals surface area contributed by atoms with E-state index in [1.54, 1.807) is 11.1 Å². The highest BCUT2D eigenvalue weighted by atomic mass is 35.5. The van der Waals surface area contributed by atoms with Gasteiger partial charge in [0, 0.05) is 11.1 Å². The van der Waals surface area contributed by atoms with Gasteiger partial charge in [0.1, 0.15) is 0 Å². The molecule has 1 nitrogen and oxygen atoms in total. The van der Waals surface area contributed by atoms with Gasteiger partial charge in [0.25, 0.3) is 0 Å². The largest absolute Gasteiger partial charge is 0.300 e. The molecule has 3 aliphatic rings. The molecular weight excluding hydrogens is 278 g/mol. The van der Waals surface area contributed by atoms with Crippen LogP contribution in [0.3, 0.4) is 0 Å². The Morgan fingerprint density at radius 3 is 2.52 bits per heavy atom. The molecule has 1 saturated carbocycles. The second-order valence-electron chi connectivity index (χ2n) is 7.41. The topological polar surface area (TPSA) is 3.24 Å². The fourth-order valence-corrected chi connectivity index (χ4v) is 5.22. The summed E-state index contributed by atoms with van der Waals surface area (Å²) in [7, 11) is 0. The van der Waals surface area contributed by atoms with Crippen LogP contribution < -0.4 is 0 Å². The smallest absolute Gasteiger partial charge is 0.0409 e. The normalized spacial score (nSPS) is 26.1. The minimum atomic E-state index is 0.450. The quantitative estimate of drug-likeness (QED) is 0.709. The number of nitrogens with zero attached hydrogens (tertiary/aromatic N) is 1. The van der Waals surface area contributed by atoms with E-state index in [-0.39, 0.29) is 0 Å². The van der Waals surface area contributed by atoms with Gasteiger partial charge in [-0.2, -0.15) is 0 Å². The van der Waals surface area contributed by atoms with Crippen LogP contribution in [-0.2, 0) is 11.8 Å². The number of rotatable bonds is 1. The molecular formula is C19H26ClN. The first kappa shape index (κ1) is 14.1. The summed E-state index contributed by atoms with van der Waals surface area (Å²) in [5.74, 6) is 0. The van der Waals surface area contributed by atoms with Crippen LogP contribution in [0.5, 0.6) is 0 Å². The minimum Gasteiger partial charge on any atom is -0.300 e. The maximum Gasteiger partial charge on any atom is 0.0409 e. The highest BCUT2D eigenvalue weighted by molar-refractivity contribution is 6.30. The zero-order valence-corrected chi connectivity index (χ0v) is 13.7. The van der Waals surface area contributed by atoms with Gasteiger partial charge in [0.05, 0.1) is 0 Å². The zero-order chi connectivity index (χ0) is 14.3. The van der Waals surface area contributed by atoms with Crippen LogP contribution in [0, 0.1) is 0 Å². The maximum absolute atomic E-state index is 6.27. The number of aryl methyl sites for hydroxylation is 1. The van der Waals surface area contributed by atoms with Gasteiger partial charge in [-0.3, -0.25) is 0 Å². The Morgan fingerprint density at radius 1 is 1.00 bits per heavy atom. The molecule has 1 heterocycles. The second-order valence-corrected chi connectivity index (χ2v) is 7.85. The van der Waals surface area contributed by atoms with Gasteiger partial charge in [-0.05, 0) is 80.3 Å². The minimum absolute atomic E-state index is 0.450. The van der Waals surface area contributed by atoms with Crippen LogP contribution in [0.4, 0.5) is 0 Å². The van der Waals surface area contributed by atoms with E-state index in [4.69, 9.17) is 11.6 Å². The van der Waals surface area contributed by atoms with Crippen LogP contribution in [0.1, 0.15) is 62.5 Å². The highest BCUT2D eigenvalue weighted by Crippen LogP contribution is 2.47. The average molecular weight is 304 g/mol. The molecule has 0 unspecified atom stereocenters. The zero-order valence-electron chi connectivity index (χ0n) is 12.9. The first-order chi connectivity index (χ1) is 10.3. The predicted molar refractivity (Wildman–Crippen MR) is 89.1 cm³/mol. The van der Waals surface area contributed by atoms with Crippen LogP contribution in [-0.4, -0.2) is 24.0 Å². The summed E-state index contributed by atoms with van der Waals surface area (Å²) in [6.45, 7) is 2.60. The Hall–Kier alpha value is -0.530. The monoisotopic (exact) mass is 303 g/mol. The SMILES string of the molecule is Clc1ccc2c(c1)C1(CC2)CCN(C2CCCCC2)CC1. The molecule has 1 aromatic carbocycles. The van der Waals surface area contributed by atoms with E-state index >= 15 is 0 Å². The van der Waals surface area contributed by atoms with E-state index in [0.717, 1.165) is 11.1 Å². The molecule has 4 rings (SSSR count). The van der Waals surface area contributed by atoms with Gasteiger partial charge < -0.3 is 4.90 Å². The van der Waals surface area contributed by atoms with Gasteiger partial charge in [0.15, 0.2) is 0 Å². The second kappa shape index (κ2) is 5.59. The Labute approximate surface area is 133 Å². The van der Waals surface area contributed by atoms with Crippen LogP contribution in [0.25, 0.3) is 0 Å². The summed E-state index contributed by atoms with van der Waals surface area (Å²) in [6, 6.07) is 7.48. The Bertz CT molecular complexity index is 510. The van der Waals surface area contributed by atoms with E-state index in [1.165, 1.54) is 70.9 Å². The van der Waals surface area contributed by atoms with Crippen molar-refractivity contribution >= 4 is 11.6 Å². The summed E-state index contributed by atoms with van der Waals surface area (Å²) >= 11 is 6.27. The summed E-state index contributed by atoms with van der Waals surface area (Å²) in [5, 5.41) is 0.921. The van der Waals surface area contributed by atoms with Gasteiger partial charge >= 0.3 is 0 Å². The summed E-state index contributed by atoms with van der Waals surface area (Å²) < 4.78 is 0. The molecule has 0 aromatic heterocycles. The molecule has 21 heavy (non-hydrogen) atoms. The first-order valence-corrected chi connectivity index (χ1v) is 9.18. The fourth-order valence-electron chi connectivity index (χ4n) is 5.05. The Morgan fingerprint density at radius 2 is 1.76 bits per heavy atom. The van der Waals surface area contributed by atoms with E-state index in [9.17, 15) is 0 Å². The third-order valence-electron chi connectivity index (χ3n) is 6.36. The lowest BCUT2D eigenvalue weighted by molar-refractivity contribution is 0.0926. The van der Waals surface area contributed by atoms with Crippen molar-refractivity contribution in [3.05, 3.63) is 34.3 Å². The number of hydrogen-bond donors (Lipinski definition) is 0. The summed E-state index contributed by atoms with van der Waals surface area (Å²) in [6.07, 6.45) is 12.5. The number of fused-ring (bicyclic) bond motifs is 2.